The smallest absolute Gasteiger partial charge is 0.387 e. The van der Waals surface area contributed by atoms with Crippen LogP contribution in [0, 0.1) is 11.8 Å². The van der Waals surface area contributed by atoms with Gasteiger partial charge in [-0.05, 0) is 49.9 Å². The van der Waals surface area contributed by atoms with Crippen LogP contribution in [0.25, 0.3) is 11.3 Å². The zero-order valence-corrected chi connectivity index (χ0v) is 16.1. The van der Waals surface area contributed by atoms with E-state index in [-0.39, 0.29) is 24.1 Å². The maximum atomic E-state index is 13.1. The van der Waals surface area contributed by atoms with Crippen molar-refractivity contribution < 1.29 is 18.3 Å². The first kappa shape index (κ1) is 20.5. The molecule has 2 N–H and O–H groups in total. The Morgan fingerprint density at radius 3 is 2.61 bits per heavy atom. The summed E-state index contributed by atoms with van der Waals surface area (Å²) >= 11 is 0. The fourth-order valence-corrected chi connectivity index (χ4v) is 4.09. The third-order valence-corrected chi connectivity index (χ3v) is 5.52. The van der Waals surface area contributed by atoms with E-state index in [1.165, 1.54) is 18.3 Å². The average molecular weight is 413 g/mol. The molecule has 152 valence electrons. The number of aromatic amines is 1. The summed E-state index contributed by atoms with van der Waals surface area (Å²) in [5.41, 5.74) is 1.56. The van der Waals surface area contributed by atoms with Crippen molar-refractivity contribution in [1.82, 2.24) is 20.4 Å². The summed E-state index contributed by atoms with van der Waals surface area (Å²) in [5.74, 6) is 1.24. The molecule has 2 atom stereocenters. The van der Waals surface area contributed by atoms with E-state index in [1.54, 1.807) is 12.1 Å². The zero-order chi connectivity index (χ0) is 18.8. The van der Waals surface area contributed by atoms with E-state index in [2.05, 4.69) is 20.3 Å². The lowest BCUT2D eigenvalue weighted by Gasteiger charge is -2.21. The van der Waals surface area contributed by atoms with Crippen molar-refractivity contribution in [3.63, 3.8) is 0 Å². The lowest BCUT2D eigenvalue weighted by Crippen LogP contribution is -2.32. The molecule has 0 radical (unpaired) electrons. The standard InChI is InChI=1S/C19H22F2N4O2.ClH/c20-19(21)27-15-3-1-2-12(8-15)17-16(11-23-24-17)18(26)25-6-4-13-9-22-10-14(13)5-7-25;/h1-3,8,11,13-14,19,22H,4-7,9-10H2,(H,23,24);1H/t13-,14+;. The van der Waals surface area contributed by atoms with Gasteiger partial charge in [-0.1, -0.05) is 12.1 Å². The topological polar surface area (TPSA) is 70.2 Å². The van der Waals surface area contributed by atoms with Crippen LogP contribution < -0.4 is 10.1 Å². The maximum absolute atomic E-state index is 13.1. The Labute approximate surface area is 168 Å². The molecule has 3 heterocycles. The molecule has 0 aliphatic carbocycles. The Morgan fingerprint density at radius 1 is 1.21 bits per heavy atom. The second kappa shape index (κ2) is 8.87. The van der Waals surface area contributed by atoms with Crippen LogP contribution in [0.4, 0.5) is 8.78 Å². The Hall–Kier alpha value is -2.19. The predicted octanol–water partition coefficient (Wildman–Crippen LogP) is 3.17. The van der Waals surface area contributed by atoms with Crippen LogP contribution in [0.2, 0.25) is 0 Å². The molecule has 0 saturated carbocycles. The summed E-state index contributed by atoms with van der Waals surface area (Å²) < 4.78 is 29.4. The summed E-state index contributed by atoms with van der Waals surface area (Å²) in [4.78, 5) is 15.0. The monoisotopic (exact) mass is 412 g/mol. The van der Waals surface area contributed by atoms with E-state index in [9.17, 15) is 13.6 Å². The second-order valence-corrected chi connectivity index (χ2v) is 7.11. The third kappa shape index (κ3) is 4.28. The number of hydrogen-bond donors (Lipinski definition) is 2. The number of halogens is 3. The van der Waals surface area contributed by atoms with E-state index in [1.807, 2.05) is 4.90 Å². The number of nitrogens with zero attached hydrogens (tertiary/aromatic N) is 2. The molecule has 1 amide bonds. The van der Waals surface area contributed by atoms with Crippen LogP contribution in [0.3, 0.4) is 0 Å². The number of likely N-dealkylation sites (tertiary alicyclic amines) is 1. The molecule has 2 aromatic rings. The molecule has 2 aliphatic rings. The number of carbonyl (C=O) groups excluding carboxylic acids is 1. The normalized spacial score (nSPS) is 21.8. The molecule has 28 heavy (non-hydrogen) atoms. The molecule has 2 fully saturated rings. The van der Waals surface area contributed by atoms with Gasteiger partial charge in [0.25, 0.3) is 5.91 Å². The number of rotatable bonds is 4. The Balaban J connectivity index is 0.00000225. The summed E-state index contributed by atoms with van der Waals surface area (Å²) in [5, 5.41) is 10.3. The summed E-state index contributed by atoms with van der Waals surface area (Å²) in [6, 6.07) is 6.29. The highest BCUT2D eigenvalue weighted by Gasteiger charge is 2.32. The molecule has 2 saturated heterocycles. The SMILES string of the molecule is Cl.O=C(c1cn[nH]c1-c1cccc(OC(F)F)c1)N1CC[C@@H]2CNC[C@@H]2CC1. The highest BCUT2D eigenvalue weighted by molar-refractivity contribution is 5.99. The molecule has 1 aromatic heterocycles. The largest absolute Gasteiger partial charge is 0.435 e. The first-order valence-corrected chi connectivity index (χ1v) is 9.20. The van der Waals surface area contributed by atoms with Crippen molar-refractivity contribution in [2.24, 2.45) is 11.8 Å². The van der Waals surface area contributed by atoms with Gasteiger partial charge in [0.2, 0.25) is 0 Å². The number of alkyl halides is 2. The highest BCUT2D eigenvalue weighted by Crippen LogP contribution is 2.30. The number of aromatic nitrogens is 2. The van der Waals surface area contributed by atoms with E-state index in [4.69, 9.17) is 0 Å². The number of ether oxygens (including phenoxy) is 1. The Morgan fingerprint density at radius 2 is 1.93 bits per heavy atom. The fraction of sp³-hybridized carbons (Fsp3) is 0.474. The van der Waals surface area contributed by atoms with Gasteiger partial charge in [-0.3, -0.25) is 9.89 Å². The van der Waals surface area contributed by atoms with Crippen LogP contribution >= 0.6 is 12.4 Å². The number of carbonyl (C=O) groups is 1. The number of fused-ring (bicyclic) bond motifs is 1. The van der Waals surface area contributed by atoms with E-state index in [0.717, 1.165) is 39.0 Å². The van der Waals surface area contributed by atoms with Crippen molar-refractivity contribution in [3.05, 3.63) is 36.0 Å². The summed E-state index contributed by atoms with van der Waals surface area (Å²) in [7, 11) is 0. The van der Waals surface area contributed by atoms with Gasteiger partial charge in [-0.15, -0.1) is 12.4 Å². The molecule has 2 aliphatic heterocycles. The molecular formula is C19H23ClF2N4O2. The first-order chi connectivity index (χ1) is 13.1. The minimum Gasteiger partial charge on any atom is -0.435 e. The molecule has 4 rings (SSSR count). The van der Waals surface area contributed by atoms with Crippen molar-refractivity contribution >= 4 is 18.3 Å². The van der Waals surface area contributed by atoms with Crippen molar-refractivity contribution in [3.8, 4) is 17.0 Å². The average Bonchev–Trinajstić information content (AvgIpc) is 3.27. The van der Waals surface area contributed by atoms with Gasteiger partial charge >= 0.3 is 6.61 Å². The Kier molecular flexibility index (Phi) is 6.51. The molecule has 0 unspecified atom stereocenters. The fourth-order valence-electron chi connectivity index (χ4n) is 4.09. The minimum atomic E-state index is -2.89. The molecule has 0 bridgehead atoms. The lowest BCUT2D eigenvalue weighted by molar-refractivity contribution is -0.0498. The van der Waals surface area contributed by atoms with Gasteiger partial charge in [0, 0.05) is 18.7 Å². The van der Waals surface area contributed by atoms with Gasteiger partial charge in [-0.25, -0.2) is 0 Å². The highest BCUT2D eigenvalue weighted by atomic mass is 35.5. The van der Waals surface area contributed by atoms with E-state index >= 15 is 0 Å². The maximum Gasteiger partial charge on any atom is 0.387 e. The number of benzene rings is 1. The van der Waals surface area contributed by atoms with Crippen LogP contribution in [-0.4, -0.2) is 53.8 Å². The summed E-state index contributed by atoms with van der Waals surface area (Å²) in [6.45, 7) is 0.609. The minimum absolute atomic E-state index is 0. The molecular weight excluding hydrogens is 390 g/mol. The molecule has 1 aromatic carbocycles. The quantitative estimate of drug-likeness (QED) is 0.809. The molecule has 0 spiro atoms. The number of amides is 1. The van der Waals surface area contributed by atoms with Gasteiger partial charge < -0.3 is 15.0 Å². The van der Waals surface area contributed by atoms with E-state index in [0.29, 0.717) is 28.7 Å². The van der Waals surface area contributed by atoms with Gasteiger partial charge in [0.15, 0.2) is 0 Å². The van der Waals surface area contributed by atoms with Crippen molar-refractivity contribution in [2.75, 3.05) is 26.2 Å². The van der Waals surface area contributed by atoms with Crippen molar-refractivity contribution in [1.29, 1.82) is 0 Å². The first-order valence-electron chi connectivity index (χ1n) is 9.20. The summed E-state index contributed by atoms with van der Waals surface area (Å²) in [6.07, 6.45) is 3.49. The van der Waals surface area contributed by atoms with Gasteiger partial charge in [0.1, 0.15) is 5.75 Å². The van der Waals surface area contributed by atoms with E-state index < -0.39 is 6.61 Å². The number of hydrogen-bond acceptors (Lipinski definition) is 4. The zero-order valence-electron chi connectivity index (χ0n) is 15.2. The number of H-pyrrole nitrogens is 1. The number of nitrogens with one attached hydrogen (secondary N) is 2. The second-order valence-electron chi connectivity index (χ2n) is 7.11. The lowest BCUT2D eigenvalue weighted by atomic mass is 9.92. The van der Waals surface area contributed by atoms with Gasteiger partial charge in [0.05, 0.1) is 17.5 Å². The van der Waals surface area contributed by atoms with Crippen molar-refractivity contribution in [2.45, 2.75) is 19.5 Å². The molecule has 6 nitrogen and oxygen atoms in total. The Bertz CT molecular complexity index is 803. The van der Waals surface area contributed by atoms with Gasteiger partial charge in [-0.2, -0.15) is 13.9 Å². The van der Waals surface area contributed by atoms with Crippen LogP contribution in [0.15, 0.2) is 30.5 Å². The van der Waals surface area contributed by atoms with Crippen LogP contribution in [0.1, 0.15) is 23.2 Å². The predicted molar refractivity (Wildman–Crippen MR) is 103 cm³/mol. The third-order valence-electron chi connectivity index (χ3n) is 5.52. The van der Waals surface area contributed by atoms with Crippen LogP contribution in [-0.2, 0) is 0 Å². The molecule has 9 heteroatoms. The van der Waals surface area contributed by atoms with Crippen LogP contribution in [0.5, 0.6) is 5.75 Å².